The van der Waals surface area contributed by atoms with Crippen LogP contribution in [0.3, 0.4) is 0 Å². The van der Waals surface area contributed by atoms with Gasteiger partial charge in [-0.15, -0.1) is 0 Å². The number of hydrogen-bond acceptors (Lipinski definition) is 7. The van der Waals surface area contributed by atoms with E-state index in [2.05, 4.69) is 15.0 Å². The quantitative estimate of drug-likeness (QED) is 0.807. The van der Waals surface area contributed by atoms with Crippen LogP contribution in [-0.2, 0) is 16.1 Å². The van der Waals surface area contributed by atoms with Crippen LogP contribution in [0.4, 0.5) is 0 Å². The van der Waals surface area contributed by atoms with Crippen molar-refractivity contribution in [2.24, 2.45) is 5.92 Å². The van der Waals surface area contributed by atoms with Crippen molar-refractivity contribution < 1.29 is 14.1 Å². The number of rotatable bonds is 4. The molecule has 3 rings (SSSR count). The van der Waals surface area contributed by atoms with E-state index in [-0.39, 0.29) is 11.9 Å². The summed E-state index contributed by atoms with van der Waals surface area (Å²) in [4.78, 5) is 18.2. The predicted octanol–water partition coefficient (Wildman–Crippen LogP) is 2.18. The van der Waals surface area contributed by atoms with Crippen molar-refractivity contribution in [2.45, 2.75) is 19.4 Å². The first-order chi connectivity index (χ1) is 10.3. The predicted molar refractivity (Wildman–Crippen MR) is 77.6 cm³/mol. The molecule has 2 aromatic rings. The number of piperidine rings is 1. The highest BCUT2D eigenvalue weighted by molar-refractivity contribution is 7.08. The molecule has 1 saturated heterocycles. The normalized spacial score (nSPS) is 19.6. The molecule has 21 heavy (non-hydrogen) atoms. The minimum atomic E-state index is -0.133. The van der Waals surface area contributed by atoms with E-state index < -0.39 is 0 Å². The summed E-state index contributed by atoms with van der Waals surface area (Å²) >= 11 is 1.60. The minimum absolute atomic E-state index is 0.0491. The zero-order chi connectivity index (χ0) is 14.7. The molecule has 0 amide bonds. The Morgan fingerprint density at radius 1 is 1.62 bits per heavy atom. The van der Waals surface area contributed by atoms with Gasteiger partial charge < -0.3 is 9.26 Å². The van der Waals surface area contributed by atoms with E-state index in [1.807, 2.05) is 16.8 Å². The summed E-state index contributed by atoms with van der Waals surface area (Å²) in [5.41, 5.74) is 0.949. The van der Waals surface area contributed by atoms with E-state index in [0.29, 0.717) is 24.8 Å². The molecule has 0 spiro atoms. The fourth-order valence-electron chi connectivity index (χ4n) is 2.58. The second kappa shape index (κ2) is 6.36. The Morgan fingerprint density at radius 2 is 2.52 bits per heavy atom. The van der Waals surface area contributed by atoms with E-state index in [9.17, 15) is 4.79 Å². The molecule has 0 radical (unpaired) electrons. The van der Waals surface area contributed by atoms with Gasteiger partial charge in [0, 0.05) is 11.9 Å². The van der Waals surface area contributed by atoms with Gasteiger partial charge in [0.25, 0.3) is 5.89 Å². The average Bonchev–Trinajstić information content (AvgIpc) is 3.17. The van der Waals surface area contributed by atoms with Gasteiger partial charge in [0.1, 0.15) is 0 Å². The Hall–Kier alpha value is -1.73. The highest BCUT2D eigenvalue weighted by Crippen LogP contribution is 2.22. The molecule has 112 valence electrons. The number of nitrogens with zero attached hydrogens (tertiary/aromatic N) is 3. The molecule has 6 nitrogen and oxygen atoms in total. The van der Waals surface area contributed by atoms with Gasteiger partial charge in [0.2, 0.25) is 0 Å². The average molecular weight is 307 g/mol. The van der Waals surface area contributed by atoms with E-state index in [0.717, 1.165) is 24.9 Å². The van der Waals surface area contributed by atoms with Gasteiger partial charge >= 0.3 is 5.97 Å². The summed E-state index contributed by atoms with van der Waals surface area (Å²) in [6.45, 7) is 2.23. The Balaban J connectivity index is 1.62. The van der Waals surface area contributed by atoms with Crippen LogP contribution in [0, 0.1) is 5.92 Å². The molecule has 0 saturated carbocycles. The second-order valence-corrected chi connectivity index (χ2v) is 5.91. The maximum absolute atomic E-state index is 11.6. The topological polar surface area (TPSA) is 68.5 Å². The van der Waals surface area contributed by atoms with Crippen LogP contribution >= 0.6 is 11.3 Å². The number of methoxy groups -OCH3 is 1. The fraction of sp³-hybridized carbons (Fsp3) is 0.500. The van der Waals surface area contributed by atoms with Crippen LogP contribution in [0.15, 0.2) is 21.3 Å². The Labute approximate surface area is 126 Å². The van der Waals surface area contributed by atoms with E-state index >= 15 is 0 Å². The molecule has 1 aliphatic rings. The third-order valence-corrected chi connectivity index (χ3v) is 4.32. The molecule has 1 aliphatic heterocycles. The van der Waals surface area contributed by atoms with Gasteiger partial charge in [-0.1, -0.05) is 5.16 Å². The van der Waals surface area contributed by atoms with Crippen molar-refractivity contribution in [3.8, 4) is 11.5 Å². The highest BCUT2D eigenvalue weighted by atomic mass is 32.1. The van der Waals surface area contributed by atoms with Gasteiger partial charge in [-0.2, -0.15) is 16.3 Å². The van der Waals surface area contributed by atoms with E-state index in [1.54, 1.807) is 11.3 Å². The first-order valence-electron chi connectivity index (χ1n) is 6.91. The second-order valence-electron chi connectivity index (χ2n) is 5.13. The molecule has 3 heterocycles. The summed E-state index contributed by atoms with van der Waals surface area (Å²) < 4.78 is 10.1. The number of thiophene rings is 1. The number of ether oxygens (including phenoxy) is 1. The van der Waals surface area contributed by atoms with Crippen molar-refractivity contribution >= 4 is 17.3 Å². The number of hydrogen-bond donors (Lipinski definition) is 0. The lowest BCUT2D eigenvalue weighted by Crippen LogP contribution is -2.38. The molecular weight excluding hydrogens is 290 g/mol. The smallest absolute Gasteiger partial charge is 0.309 e. The molecule has 2 aromatic heterocycles. The first-order valence-corrected chi connectivity index (χ1v) is 7.86. The lowest BCUT2D eigenvalue weighted by atomic mass is 9.98. The largest absolute Gasteiger partial charge is 0.469 e. The van der Waals surface area contributed by atoms with Gasteiger partial charge in [0.05, 0.1) is 25.1 Å². The molecule has 7 heteroatoms. The Morgan fingerprint density at radius 3 is 3.29 bits per heavy atom. The third kappa shape index (κ3) is 3.30. The molecule has 1 fully saturated rings. The maximum Gasteiger partial charge on any atom is 0.309 e. The lowest BCUT2D eigenvalue weighted by molar-refractivity contribution is -0.147. The van der Waals surface area contributed by atoms with Gasteiger partial charge in [-0.05, 0) is 30.8 Å². The van der Waals surface area contributed by atoms with E-state index in [4.69, 9.17) is 9.26 Å². The van der Waals surface area contributed by atoms with Crippen LogP contribution in [0.1, 0.15) is 18.7 Å². The summed E-state index contributed by atoms with van der Waals surface area (Å²) in [6.07, 6.45) is 1.87. The standard InChI is InChI=1S/C14H17N3O3S/c1-19-14(18)10-3-2-5-17(7-10)8-12-15-13(20-16-12)11-4-6-21-9-11/h4,6,9-10H,2-3,5,7-8H2,1H3. The summed E-state index contributed by atoms with van der Waals surface area (Å²) in [6, 6.07) is 1.95. The Bertz CT molecular complexity index is 596. The Kier molecular flexibility index (Phi) is 4.31. The van der Waals surface area contributed by atoms with Crippen molar-refractivity contribution in [1.82, 2.24) is 15.0 Å². The van der Waals surface area contributed by atoms with Gasteiger partial charge in [-0.3, -0.25) is 9.69 Å². The molecule has 1 unspecified atom stereocenters. The van der Waals surface area contributed by atoms with Crippen LogP contribution in [0.2, 0.25) is 0 Å². The number of carbonyl (C=O) groups is 1. The summed E-state index contributed by atoms with van der Waals surface area (Å²) in [5.74, 6) is 1.02. The molecule has 0 aromatic carbocycles. The van der Waals surface area contributed by atoms with Gasteiger partial charge in [0.15, 0.2) is 5.82 Å². The van der Waals surface area contributed by atoms with E-state index in [1.165, 1.54) is 7.11 Å². The van der Waals surface area contributed by atoms with Crippen LogP contribution in [-0.4, -0.2) is 41.2 Å². The third-order valence-electron chi connectivity index (χ3n) is 3.64. The zero-order valence-corrected chi connectivity index (χ0v) is 12.6. The molecular formula is C14H17N3O3S. The molecule has 0 aliphatic carbocycles. The summed E-state index contributed by atoms with van der Waals surface area (Å²) in [5, 5.41) is 7.97. The minimum Gasteiger partial charge on any atom is -0.469 e. The molecule has 0 N–H and O–H groups in total. The summed E-state index contributed by atoms with van der Waals surface area (Å²) in [7, 11) is 1.44. The van der Waals surface area contributed by atoms with Crippen LogP contribution in [0.5, 0.6) is 0 Å². The van der Waals surface area contributed by atoms with Crippen LogP contribution < -0.4 is 0 Å². The molecule has 1 atom stereocenters. The number of esters is 1. The number of carbonyl (C=O) groups excluding carboxylic acids is 1. The van der Waals surface area contributed by atoms with Crippen LogP contribution in [0.25, 0.3) is 11.5 Å². The van der Waals surface area contributed by atoms with Crippen molar-refractivity contribution in [3.63, 3.8) is 0 Å². The fourth-order valence-corrected chi connectivity index (χ4v) is 3.21. The van der Waals surface area contributed by atoms with Gasteiger partial charge in [-0.25, -0.2) is 0 Å². The first kappa shape index (κ1) is 14.2. The van der Waals surface area contributed by atoms with Crippen molar-refractivity contribution in [3.05, 3.63) is 22.7 Å². The highest BCUT2D eigenvalue weighted by Gasteiger charge is 2.27. The number of aromatic nitrogens is 2. The maximum atomic E-state index is 11.6. The zero-order valence-electron chi connectivity index (χ0n) is 11.8. The lowest BCUT2D eigenvalue weighted by Gasteiger charge is -2.30. The van der Waals surface area contributed by atoms with Crippen molar-refractivity contribution in [1.29, 1.82) is 0 Å². The SMILES string of the molecule is COC(=O)C1CCCN(Cc2noc(-c3ccsc3)n2)C1. The molecule has 0 bridgehead atoms. The van der Waals surface area contributed by atoms with Crippen molar-refractivity contribution in [2.75, 3.05) is 20.2 Å². The monoisotopic (exact) mass is 307 g/mol. The number of likely N-dealkylation sites (tertiary alicyclic amines) is 1.